The van der Waals surface area contributed by atoms with Gasteiger partial charge in [-0.15, -0.1) is 0 Å². The van der Waals surface area contributed by atoms with Crippen molar-refractivity contribution in [1.29, 1.82) is 0 Å². The van der Waals surface area contributed by atoms with Gasteiger partial charge in [0.2, 0.25) is 0 Å². The Bertz CT molecular complexity index is 517. The number of aromatic nitrogens is 2. The highest BCUT2D eigenvalue weighted by Gasteiger charge is 2.39. The second-order valence-corrected chi connectivity index (χ2v) is 5.23. The minimum atomic E-state index is 0.0800. The lowest BCUT2D eigenvalue weighted by Crippen LogP contribution is -2.24. The molecule has 3 nitrogen and oxygen atoms in total. The molecule has 0 saturated heterocycles. The average Bonchev–Trinajstić information content (AvgIpc) is 3.00. The summed E-state index contributed by atoms with van der Waals surface area (Å²) in [7, 11) is 1.91. The lowest BCUT2D eigenvalue weighted by Gasteiger charge is -2.27. The van der Waals surface area contributed by atoms with Gasteiger partial charge in [-0.05, 0) is 18.4 Å². The summed E-state index contributed by atoms with van der Waals surface area (Å²) in [5, 5.41) is 4.63. The lowest BCUT2D eigenvalue weighted by atomic mass is 9.76. The van der Waals surface area contributed by atoms with Gasteiger partial charge in [0.05, 0.1) is 5.69 Å². The summed E-state index contributed by atoms with van der Waals surface area (Å²) in [6, 6.07) is 12.8. The number of nitrogens with two attached hydrogens (primary N) is 1. The Kier molecular flexibility index (Phi) is 2.62. The molecule has 0 unspecified atom stereocenters. The van der Waals surface area contributed by atoms with Gasteiger partial charge in [0.1, 0.15) is 5.82 Å². The Balaban J connectivity index is 2.12. The molecule has 0 amide bonds. The molecule has 2 N–H and O–H groups in total. The van der Waals surface area contributed by atoms with Crippen LogP contribution in [-0.2, 0) is 12.5 Å². The second-order valence-electron chi connectivity index (χ2n) is 5.23. The topological polar surface area (TPSA) is 43.8 Å². The monoisotopic (exact) mass is 241 g/mol. The lowest BCUT2D eigenvalue weighted by molar-refractivity contribution is 0.508. The normalized spacial score (nSPS) is 18.1. The third-order valence-electron chi connectivity index (χ3n) is 4.19. The third-order valence-corrected chi connectivity index (χ3v) is 4.19. The highest BCUT2D eigenvalue weighted by molar-refractivity contribution is 5.42. The molecule has 1 heterocycles. The van der Waals surface area contributed by atoms with E-state index in [-0.39, 0.29) is 5.41 Å². The van der Waals surface area contributed by atoms with Crippen LogP contribution >= 0.6 is 0 Å². The van der Waals surface area contributed by atoms with E-state index in [2.05, 4.69) is 35.4 Å². The Morgan fingerprint density at radius 1 is 1.17 bits per heavy atom. The summed E-state index contributed by atoms with van der Waals surface area (Å²) in [6.07, 6.45) is 4.89. The van der Waals surface area contributed by atoms with Crippen LogP contribution in [0.15, 0.2) is 36.4 Å². The van der Waals surface area contributed by atoms with Crippen LogP contribution in [0.2, 0.25) is 0 Å². The molecule has 94 valence electrons. The first-order chi connectivity index (χ1) is 8.72. The van der Waals surface area contributed by atoms with E-state index < -0.39 is 0 Å². The maximum Gasteiger partial charge on any atom is 0.121 e. The number of anilines is 1. The zero-order valence-electron chi connectivity index (χ0n) is 10.8. The Morgan fingerprint density at radius 2 is 1.83 bits per heavy atom. The first-order valence-electron chi connectivity index (χ1n) is 6.58. The molecule has 2 aromatic rings. The smallest absolute Gasteiger partial charge is 0.121 e. The first kappa shape index (κ1) is 11.3. The van der Waals surface area contributed by atoms with E-state index >= 15 is 0 Å². The minimum absolute atomic E-state index is 0.0800. The molecule has 0 spiro atoms. The van der Waals surface area contributed by atoms with Crippen molar-refractivity contribution in [2.24, 2.45) is 7.05 Å². The summed E-state index contributed by atoms with van der Waals surface area (Å²) in [5.41, 5.74) is 8.53. The van der Waals surface area contributed by atoms with Crippen LogP contribution in [0.25, 0.3) is 0 Å². The largest absolute Gasteiger partial charge is 0.384 e. The van der Waals surface area contributed by atoms with Crippen molar-refractivity contribution >= 4 is 5.82 Å². The molecule has 1 aliphatic carbocycles. The molecule has 0 atom stereocenters. The Hall–Kier alpha value is -1.77. The molecule has 18 heavy (non-hydrogen) atoms. The number of rotatable bonds is 2. The maximum atomic E-state index is 5.95. The first-order valence-corrected chi connectivity index (χ1v) is 6.58. The highest BCUT2D eigenvalue weighted by Crippen LogP contribution is 2.45. The fourth-order valence-corrected chi connectivity index (χ4v) is 3.14. The van der Waals surface area contributed by atoms with Crippen molar-refractivity contribution in [2.45, 2.75) is 31.1 Å². The van der Waals surface area contributed by atoms with Gasteiger partial charge in [-0.2, -0.15) is 5.10 Å². The van der Waals surface area contributed by atoms with Crippen LogP contribution in [0.4, 0.5) is 5.82 Å². The van der Waals surface area contributed by atoms with Crippen LogP contribution in [0.3, 0.4) is 0 Å². The van der Waals surface area contributed by atoms with Crippen molar-refractivity contribution in [2.75, 3.05) is 5.73 Å². The molecular formula is C15H19N3. The molecular weight excluding hydrogens is 222 g/mol. The van der Waals surface area contributed by atoms with E-state index in [1.165, 1.54) is 31.2 Å². The molecule has 0 bridgehead atoms. The highest BCUT2D eigenvalue weighted by atomic mass is 15.3. The van der Waals surface area contributed by atoms with E-state index in [1.54, 1.807) is 4.68 Å². The molecule has 1 aliphatic rings. The summed E-state index contributed by atoms with van der Waals surface area (Å²) in [5.74, 6) is 0.743. The van der Waals surface area contributed by atoms with Crippen LogP contribution < -0.4 is 5.73 Å². The fraction of sp³-hybridized carbons (Fsp3) is 0.400. The zero-order valence-corrected chi connectivity index (χ0v) is 10.8. The van der Waals surface area contributed by atoms with Gasteiger partial charge >= 0.3 is 0 Å². The van der Waals surface area contributed by atoms with E-state index in [9.17, 15) is 0 Å². The van der Waals surface area contributed by atoms with Gasteiger partial charge in [0.15, 0.2) is 0 Å². The standard InChI is InChI=1S/C15H19N3/c1-18-14(16)11-13(17-18)15(9-5-6-10-15)12-7-3-2-4-8-12/h2-4,7-8,11H,5-6,9-10,16H2,1H3. The predicted octanol–water partition coefficient (Wildman–Crippen LogP) is 2.86. The summed E-state index contributed by atoms with van der Waals surface area (Å²) in [6.45, 7) is 0. The van der Waals surface area contributed by atoms with E-state index in [0.29, 0.717) is 0 Å². The number of hydrogen-bond donors (Lipinski definition) is 1. The van der Waals surface area contributed by atoms with Crippen molar-refractivity contribution < 1.29 is 0 Å². The van der Waals surface area contributed by atoms with Crippen molar-refractivity contribution in [1.82, 2.24) is 9.78 Å². The molecule has 3 rings (SSSR count). The van der Waals surface area contributed by atoms with Crippen LogP contribution in [0, 0.1) is 0 Å². The van der Waals surface area contributed by atoms with E-state index in [1.807, 2.05) is 13.1 Å². The summed E-state index contributed by atoms with van der Waals surface area (Å²) in [4.78, 5) is 0. The van der Waals surface area contributed by atoms with Gasteiger partial charge in [0, 0.05) is 18.5 Å². The molecule has 1 fully saturated rings. The number of aryl methyl sites for hydroxylation is 1. The summed E-state index contributed by atoms with van der Waals surface area (Å²) < 4.78 is 1.78. The van der Waals surface area contributed by atoms with Crippen molar-refractivity contribution in [3.63, 3.8) is 0 Å². The van der Waals surface area contributed by atoms with Crippen molar-refractivity contribution in [3.05, 3.63) is 47.7 Å². The third kappa shape index (κ3) is 1.62. The van der Waals surface area contributed by atoms with Crippen molar-refractivity contribution in [3.8, 4) is 0 Å². The molecule has 0 radical (unpaired) electrons. The Morgan fingerprint density at radius 3 is 2.39 bits per heavy atom. The molecule has 1 aromatic heterocycles. The molecule has 1 aromatic carbocycles. The van der Waals surface area contributed by atoms with Crippen LogP contribution in [-0.4, -0.2) is 9.78 Å². The Labute approximate surface area is 108 Å². The van der Waals surface area contributed by atoms with E-state index in [4.69, 9.17) is 5.73 Å². The van der Waals surface area contributed by atoms with Crippen LogP contribution in [0.1, 0.15) is 36.9 Å². The molecule has 0 aliphatic heterocycles. The van der Waals surface area contributed by atoms with Crippen LogP contribution in [0.5, 0.6) is 0 Å². The fourth-order valence-electron chi connectivity index (χ4n) is 3.14. The van der Waals surface area contributed by atoms with E-state index in [0.717, 1.165) is 11.5 Å². The van der Waals surface area contributed by atoms with Gasteiger partial charge in [-0.25, -0.2) is 0 Å². The number of hydrogen-bond acceptors (Lipinski definition) is 2. The summed E-state index contributed by atoms with van der Waals surface area (Å²) >= 11 is 0. The number of benzene rings is 1. The van der Waals surface area contributed by atoms with Gasteiger partial charge in [-0.3, -0.25) is 4.68 Å². The maximum absolute atomic E-state index is 5.95. The van der Waals surface area contributed by atoms with Gasteiger partial charge in [0.25, 0.3) is 0 Å². The van der Waals surface area contributed by atoms with Gasteiger partial charge < -0.3 is 5.73 Å². The quantitative estimate of drug-likeness (QED) is 0.878. The predicted molar refractivity (Wildman–Crippen MR) is 73.3 cm³/mol. The zero-order chi connectivity index (χ0) is 12.6. The average molecular weight is 241 g/mol. The van der Waals surface area contributed by atoms with Gasteiger partial charge in [-0.1, -0.05) is 43.2 Å². The minimum Gasteiger partial charge on any atom is -0.384 e. The SMILES string of the molecule is Cn1nc(C2(c3ccccc3)CCCC2)cc1N. The number of nitrogens with zero attached hydrogens (tertiary/aromatic N) is 2. The molecule has 3 heteroatoms. The number of nitrogen functional groups attached to an aromatic ring is 1. The second kappa shape index (κ2) is 4.16. The molecule has 1 saturated carbocycles.